The number of carbonyl (C=O) groups is 2. The van der Waals surface area contributed by atoms with Crippen molar-refractivity contribution in [1.29, 1.82) is 0 Å². The Morgan fingerprint density at radius 3 is 2.56 bits per heavy atom. The van der Waals surface area contributed by atoms with Crippen LogP contribution in [-0.2, 0) is 24.3 Å². The zero-order valence-corrected chi connectivity index (χ0v) is 17.6. The SMILES string of the molecule is COc1ccc(NC(=O)COC(=O)c2ccc([N+](=O)[O-])o2)cc1S(=O)(=O)N1CCOCC1. The van der Waals surface area contributed by atoms with Crippen LogP contribution in [0.4, 0.5) is 11.6 Å². The molecule has 1 saturated heterocycles. The highest BCUT2D eigenvalue weighted by Crippen LogP contribution is 2.30. The van der Waals surface area contributed by atoms with Crippen molar-refractivity contribution in [2.24, 2.45) is 0 Å². The standard InChI is InChI=1S/C18H19N3O10S/c1-28-13-3-2-12(10-15(13)32(26,27)20-6-8-29-9-7-20)19-16(22)11-30-18(23)14-4-5-17(31-14)21(24)25/h2-5,10H,6-9,11H2,1H3,(H,19,22). The summed E-state index contributed by atoms with van der Waals surface area (Å²) in [6.45, 7) is 0.168. The lowest BCUT2D eigenvalue weighted by atomic mass is 10.3. The van der Waals surface area contributed by atoms with Crippen molar-refractivity contribution in [1.82, 2.24) is 4.31 Å². The third-order valence-electron chi connectivity index (χ3n) is 4.34. The fourth-order valence-electron chi connectivity index (χ4n) is 2.82. The van der Waals surface area contributed by atoms with E-state index in [-0.39, 0.29) is 42.6 Å². The number of hydrogen-bond donors (Lipinski definition) is 1. The van der Waals surface area contributed by atoms with Crippen molar-refractivity contribution in [3.8, 4) is 5.75 Å². The van der Waals surface area contributed by atoms with Gasteiger partial charge in [-0.15, -0.1) is 0 Å². The third kappa shape index (κ3) is 5.22. The number of sulfonamides is 1. The van der Waals surface area contributed by atoms with E-state index in [0.717, 1.165) is 12.1 Å². The minimum atomic E-state index is -3.91. The molecule has 1 fully saturated rings. The van der Waals surface area contributed by atoms with E-state index < -0.39 is 45.1 Å². The second kappa shape index (κ2) is 9.76. The molecule has 0 aliphatic carbocycles. The maximum absolute atomic E-state index is 13.0. The highest BCUT2D eigenvalue weighted by atomic mass is 32.2. The molecule has 0 saturated carbocycles. The van der Waals surface area contributed by atoms with Gasteiger partial charge < -0.3 is 23.9 Å². The fraction of sp³-hybridized carbons (Fsp3) is 0.333. The summed E-state index contributed by atoms with van der Waals surface area (Å²) in [7, 11) is -2.58. The number of esters is 1. The molecule has 1 N–H and O–H groups in total. The number of amides is 1. The van der Waals surface area contributed by atoms with Crippen LogP contribution in [0.5, 0.6) is 5.75 Å². The lowest BCUT2D eigenvalue weighted by molar-refractivity contribution is -0.402. The molecule has 2 heterocycles. The molecule has 1 aromatic heterocycles. The molecule has 0 atom stereocenters. The first-order valence-electron chi connectivity index (χ1n) is 9.19. The van der Waals surface area contributed by atoms with Crippen LogP contribution in [0.25, 0.3) is 0 Å². The lowest BCUT2D eigenvalue weighted by Gasteiger charge is -2.26. The Kier molecular flexibility index (Phi) is 7.07. The molecule has 1 aromatic carbocycles. The highest BCUT2D eigenvalue weighted by Gasteiger charge is 2.29. The van der Waals surface area contributed by atoms with Gasteiger partial charge in [-0.05, 0) is 24.3 Å². The quantitative estimate of drug-likeness (QED) is 0.335. The number of benzene rings is 1. The average molecular weight is 469 g/mol. The van der Waals surface area contributed by atoms with Gasteiger partial charge in [-0.1, -0.05) is 0 Å². The van der Waals surface area contributed by atoms with Crippen LogP contribution >= 0.6 is 0 Å². The van der Waals surface area contributed by atoms with Crippen LogP contribution in [0.2, 0.25) is 0 Å². The maximum Gasteiger partial charge on any atom is 0.433 e. The zero-order chi connectivity index (χ0) is 23.3. The molecule has 2 aromatic rings. The summed E-state index contributed by atoms with van der Waals surface area (Å²) < 4.78 is 47.0. The first kappa shape index (κ1) is 23.2. The Labute approximate surface area is 182 Å². The molecule has 1 aliphatic heterocycles. The number of nitrogens with one attached hydrogen (secondary N) is 1. The van der Waals surface area contributed by atoms with Crippen LogP contribution in [-0.4, -0.2) is 69.5 Å². The number of hydrogen-bond acceptors (Lipinski definition) is 10. The smallest absolute Gasteiger partial charge is 0.433 e. The molecular formula is C18H19N3O10S. The van der Waals surface area contributed by atoms with Gasteiger partial charge in [-0.3, -0.25) is 14.9 Å². The second-order valence-electron chi connectivity index (χ2n) is 6.40. The van der Waals surface area contributed by atoms with Gasteiger partial charge in [0.25, 0.3) is 5.91 Å². The second-order valence-corrected chi connectivity index (χ2v) is 8.31. The van der Waals surface area contributed by atoms with E-state index in [1.54, 1.807) is 0 Å². The predicted molar refractivity (Wildman–Crippen MR) is 107 cm³/mol. The van der Waals surface area contributed by atoms with Gasteiger partial charge in [0, 0.05) is 18.8 Å². The number of morpholine rings is 1. The number of methoxy groups -OCH3 is 1. The van der Waals surface area contributed by atoms with Gasteiger partial charge in [0.15, 0.2) is 6.61 Å². The van der Waals surface area contributed by atoms with Crippen LogP contribution < -0.4 is 10.1 Å². The molecule has 172 valence electrons. The van der Waals surface area contributed by atoms with E-state index in [2.05, 4.69) is 5.32 Å². The molecule has 0 bridgehead atoms. The summed E-state index contributed by atoms with van der Waals surface area (Å²) in [5.41, 5.74) is 0.132. The summed E-state index contributed by atoms with van der Waals surface area (Å²) in [5.74, 6) is -2.82. The van der Waals surface area contributed by atoms with E-state index in [1.165, 1.54) is 29.6 Å². The Morgan fingerprint density at radius 1 is 1.22 bits per heavy atom. The lowest BCUT2D eigenvalue weighted by Crippen LogP contribution is -2.40. The van der Waals surface area contributed by atoms with Crippen molar-refractivity contribution in [2.75, 3.05) is 45.3 Å². The molecule has 1 amide bonds. The van der Waals surface area contributed by atoms with Gasteiger partial charge in [0.1, 0.15) is 15.6 Å². The average Bonchev–Trinajstić information content (AvgIpc) is 3.29. The number of nitro groups is 1. The van der Waals surface area contributed by atoms with Crippen LogP contribution in [0.1, 0.15) is 10.6 Å². The number of anilines is 1. The van der Waals surface area contributed by atoms with E-state index in [9.17, 15) is 28.1 Å². The Bertz CT molecular complexity index is 1120. The monoisotopic (exact) mass is 469 g/mol. The number of nitrogens with zero attached hydrogens (tertiary/aromatic N) is 2. The minimum Gasteiger partial charge on any atom is -0.495 e. The summed E-state index contributed by atoms with van der Waals surface area (Å²) in [4.78, 5) is 33.6. The van der Waals surface area contributed by atoms with Crippen molar-refractivity contribution in [3.05, 3.63) is 46.2 Å². The van der Waals surface area contributed by atoms with Crippen LogP contribution in [0.15, 0.2) is 39.6 Å². The van der Waals surface area contributed by atoms with Gasteiger partial charge >= 0.3 is 11.9 Å². The normalized spacial score (nSPS) is 14.5. The third-order valence-corrected chi connectivity index (χ3v) is 6.26. The minimum absolute atomic E-state index is 0.0975. The van der Waals surface area contributed by atoms with E-state index in [0.29, 0.717) is 0 Å². The van der Waals surface area contributed by atoms with Crippen LogP contribution in [0.3, 0.4) is 0 Å². The maximum atomic E-state index is 13.0. The molecule has 14 heteroatoms. The van der Waals surface area contributed by atoms with Crippen molar-refractivity contribution >= 4 is 33.5 Å². The highest BCUT2D eigenvalue weighted by molar-refractivity contribution is 7.89. The van der Waals surface area contributed by atoms with Crippen molar-refractivity contribution in [2.45, 2.75) is 4.90 Å². The van der Waals surface area contributed by atoms with Gasteiger partial charge in [0.2, 0.25) is 15.8 Å². The van der Waals surface area contributed by atoms with E-state index in [1.807, 2.05) is 0 Å². The van der Waals surface area contributed by atoms with Gasteiger partial charge in [-0.2, -0.15) is 4.31 Å². The molecule has 13 nitrogen and oxygen atoms in total. The number of furan rings is 1. The predicted octanol–water partition coefficient (Wildman–Crippen LogP) is 1.01. The van der Waals surface area contributed by atoms with Crippen molar-refractivity contribution < 1.29 is 41.6 Å². The number of ether oxygens (including phenoxy) is 3. The van der Waals surface area contributed by atoms with Gasteiger partial charge in [-0.25, -0.2) is 13.2 Å². The summed E-state index contributed by atoms with van der Waals surface area (Å²) in [6, 6.07) is 6.07. The van der Waals surface area contributed by atoms with Crippen LogP contribution in [0, 0.1) is 10.1 Å². The largest absolute Gasteiger partial charge is 0.495 e. The first-order valence-corrected chi connectivity index (χ1v) is 10.6. The Morgan fingerprint density at radius 2 is 1.94 bits per heavy atom. The van der Waals surface area contributed by atoms with E-state index in [4.69, 9.17) is 18.6 Å². The summed E-state index contributed by atoms with van der Waals surface area (Å²) in [6.07, 6.45) is 0. The number of rotatable bonds is 8. The molecule has 0 unspecified atom stereocenters. The molecule has 0 spiro atoms. The molecule has 1 aliphatic rings. The zero-order valence-electron chi connectivity index (χ0n) is 16.8. The first-order chi connectivity index (χ1) is 15.2. The summed E-state index contributed by atoms with van der Waals surface area (Å²) >= 11 is 0. The molecule has 32 heavy (non-hydrogen) atoms. The van der Waals surface area contributed by atoms with Crippen molar-refractivity contribution in [3.63, 3.8) is 0 Å². The van der Waals surface area contributed by atoms with E-state index >= 15 is 0 Å². The Hall–Kier alpha value is -3.49. The fourth-order valence-corrected chi connectivity index (χ4v) is 4.41. The topological polar surface area (TPSA) is 168 Å². The molecular weight excluding hydrogens is 450 g/mol. The molecule has 3 rings (SSSR count). The number of carbonyl (C=O) groups excluding carboxylic acids is 2. The summed E-state index contributed by atoms with van der Waals surface area (Å²) in [5, 5.41) is 13.0. The van der Waals surface area contributed by atoms with Gasteiger partial charge in [0.05, 0.1) is 26.4 Å². The Balaban J connectivity index is 1.67. The molecule has 0 radical (unpaired) electrons.